The van der Waals surface area contributed by atoms with Crippen molar-refractivity contribution in [2.45, 2.75) is 13.1 Å². The Bertz CT molecular complexity index is 1060. The van der Waals surface area contributed by atoms with Crippen molar-refractivity contribution in [3.8, 4) is 0 Å². The van der Waals surface area contributed by atoms with Crippen LogP contribution in [-0.2, 0) is 20.5 Å². The van der Waals surface area contributed by atoms with E-state index in [4.69, 9.17) is 4.74 Å². The second-order valence-electron chi connectivity index (χ2n) is 6.22. The molecule has 0 radical (unpaired) electrons. The van der Waals surface area contributed by atoms with Crippen molar-refractivity contribution in [1.82, 2.24) is 0 Å². The summed E-state index contributed by atoms with van der Waals surface area (Å²) in [5.74, 6) is -1.41. The van der Waals surface area contributed by atoms with Crippen molar-refractivity contribution in [3.05, 3.63) is 81.0 Å². The van der Waals surface area contributed by atoms with Crippen LogP contribution in [-0.4, -0.2) is 19.0 Å². The average Bonchev–Trinajstić information content (AvgIpc) is 2.90. The molecule has 8 heteroatoms. The highest BCUT2D eigenvalue weighted by molar-refractivity contribution is 9.10. The number of carbonyl (C=O) groups excluding carboxylic acids is 2. The van der Waals surface area contributed by atoms with Gasteiger partial charge in [-0.1, -0.05) is 40.2 Å². The third kappa shape index (κ3) is 3.98. The summed E-state index contributed by atoms with van der Waals surface area (Å²) in [6, 6.07) is 11.7. The lowest BCUT2D eigenvalue weighted by Gasteiger charge is -2.18. The number of benzene rings is 2. The van der Waals surface area contributed by atoms with Crippen LogP contribution in [0.4, 0.5) is 18.9 Å². The van der Waals surface area contributed by atoms with Crippen LogP contribution in [0.2, 0.25) is 0 Å². The van der Waals surface area contributed by atoms with E-state index in [1.807, 2.05) is 0 Å². The minimum absolute atomic E-state index is 0.0746. The number of halogens is 4. The van der Waals surface area contributed by atoms with Gasteiger partial charge in [-0.05, 0) is 42.8 Å². The fraction of sp³-hybridized carbons (Fsp3) is 0.143. The Morgan fingerprint density at radius 2 is 1.83 bits per heavy atom. The smallest absolute Gasteiger partial charge is 0.416 e. The first kappa shape index (κ1) is 20.9. The predicted octanol–water partition coefficient (Wildman–Crippen LogP) is 5.35. The van der Waals surface area contributed by atoms with E-state index in [0.717, 1.165) is 19.3 Å². The summed E-state index contributed by atoms with van der Waals surface area (Å²) >= 11 is 3.32. The third-order valence-corrected chi connectivity index (χ3v) is 4.92. The van der Waals surface area contributed by atoms with Crippen molar-refractivity contribution < 1.29 is 27.5 Å². The molecule has 3 rings (SSSR count). The Balaban J connectivity index is 2.20. The maximum Gasteiger partial charge on any atom is 0.416 e. The minimum Gasteiger partial charge on any atom is -0.465 e. The maximum absolute atomic E-state index is 13.4. The number of rotatable bonds is 3. The largest absolute Gasteiger partial charge is 0.465 e. The van der Waals surface area contributed by atoms with E-state index in [1.165, 1.54) is 23.1 Å². The lowest BCUT2D eigenvalue weighted by molar-refractivity contribution is -0.138. The standard InChI is InChI=1S/C21H15BrF3NO3/c1-12-18(20(28)29-2)16(10-13-6-3-4-9-17(13)21(23,24)25)19(27)26(12)15-8-5-7-14(22)11-15/h3-11H,1-2H3/b16-10-. The van der Waals surface area contributed by atoms with Crippen molar-refractivity contribution in [1.29, 1.82) is 0 Å². The molecule has 2 aromatic carbocycles. The molecular weight excluding hydrogens is 451 g/mol. The lowest BCUT2D eigenvalue weighted by Crippen LogP contribution is -2.24. The number of ether oxygens (including phenoxy) is 1. The number of allylic oxidation sites excluding steroid dienone is 1. The Labute approximate surface area is 173 Å². The molecule has 1 amide bonds. The van der Waals surface area contributed by atoms with Gasteiger partial charge in [0.25, 0.3) is 5.91 Å². The number of amides is 1. The number of esters is 1. The van der Waals surface area contributed by atoms with Crippen LogP contribution in [0, 0.1) is 0 Å². The number of carbonyl (C=O) groups is 2. The summed E-state index contributed by atoms with van der Waals surface area (Å²) in [7, 11) is 1.15. The molecule has 0 saturated carbocycles. The SMILES string of the molecule is COC(=O)C1=C(C)N(c2cccc(Br)c2)C(=O)/C1=C\c1ccccc1C(F)(F)F. The fourth-order valence-corrected chi connectivity index (χ4v) is 3.53. The van der Waals surface area contributed by atoms with Gasteiger partial charge in [0, 0.05) is 10.2 Å². The zero-order valence-corrected chi connectivity index (χ0v) is 17.0. The number of anilines is 1. The fourth-order valence-electron chi connectivity index (χ4n) is 3.14. The van der Waals surface area contributed by atoms with Crippen LogP contribution >= 0.6 is 15.9 Å². The molecule has 0 aromatic heterocycles. The van der Waals surface area contributed by atoms with Crippen LogP contribution < -0.4 is 4.90 Å². The second kappa shape index (κ2) is 7.87. The first-order chi connectivity index (χ1) is 13.6. The van der Waals surface area contributed by atoms with Gasteiger partial charge in [-0.25, -0.2) is 4.79 Å². The molecular formula is C21H15BrF3NO3. The van der Waals surface area contributed by atoms with Crippen LogP contribution in [0.3, 0.4) is 0 Å². The Hall–Kier alpha value is -2.87. The summed E-state index contributed by atoms with van der Waals surface area (Å²) < 4.78 is 45.6. The average molecular weight is 466 g/mol. The van der Waals surface area contributed by atoms with Gasteiger partial charge < -0.3 is 4.74 Å². The molecule has 4 nitrogen and oxygen atoms in total. The lowest BCUT2D eigenvalue weighted by atomic mass is 10.00. The highest BCUT2D eigenvalue weighted by Crippen LogP contribution is 2.38. The molecule has 0 unspecified atom stereocenters. The zero-order valence-electron chi connectivity index (χ0n) is 15.4. The van der Waals surface area contributed by atoms with Gasteiger partial charge in [-0.3, -0.25) is 9.69 Å². The molecule has 0 spiro atoms. The molecule has 1 aliphatic rings. The van der Waals surface area contributed by atoms with Crippen LogP contribution in [0.5, 0.6) is 0 Å². The summed E-state index contributed by atoms with van der Waals surface area (Å²) in [6.45, 7) is 1.54. The van der Waals surface area contributed by atoms with E-state index in [1.54, 1.807) is 31.2 Å². The third-order valence-electron chi connectivity index (χ3n) is 4.42. The van der Waals surface area contributed by atoms with E-state index in [-0.39, 0.29) is 22.4 Å². The highest BCUT2D eigenvalue weighted by atomic mass is 79.9. The van der Waals surface area contributed by atoms with E-state index in [0.29, 0.717) is 10.2 Å². The Morgan fingerprint density at radius 1 is 1.14 bits per heavy atom. The van der Waals surface area contributed by atoms with Gasteiger partial charge in [0.15, 0.2) is 0 Å². The molecule has 29 heavy (non-hydrogen) atoms. The molecule has 1 heterocycles. The van der Waals surface area contributed by atoms with Crippen LogP contribution in [0.25, 0.3) is 6.08 Å². The van der Waals surface area contributed by atoms with Gasteiger partial charge in [0.2, 0.25) is 0 Å². The summed E-state index contributed by atoms with van der Waals surface area (Å²) in [5.41, 5.74) is -0.608. The van der Waals surface area contributed by atoms with Gasteiger partial charge in [0.1, 0.15) is 0 Å². The quantitative estimate of drug-likeness (QED) is 0.453. The normalized spacial score (nSPS) is 16.0. The van der Waals surface area contributed by atoms with Crippen LogP contribution in [0.15, 0.2) is 69.8 Å². The Kier molecular flexibility index (Phi) is 5.66. The molecule has 0 saturated heterocycles. The van der Waals surface area contributed by atoms with E-state index in [2.05, 4.69) is 15.9 Å². The molecule has 0 aliphatic carbocycles. The van der Waals surface area contributed by atoms with Crippen molar-refractivity contribution in [2.24, 2.45) is 0 Å². The number of hydrogen-bond acceptors (Lipinski definition) is 3. The molecule has 150 valence electrons. The van der Waals surface area contributed by atoms with Gasteiger partial charge in [-0.2, -0.15) is 13.2 Å². The molecule has 1 aliphatic heterocycles. The molecule has 0 fully saturated rings. The van der Waals surface area contributed by atoms with E-state index < -0.39 is 23.6 Å². The number of alkyl halides is 3. The maximum atomic E-state index is 13.4. The number of methoxy groups -OCH3 is 1. The first-order valence-electron chi connectivity index (χ1n) is 8.42. The van der Waals surface area contributed by atoms with Crippen molar-refractivity contribution >= 4 is 39.6 Å². The molecule has 0 N–H and O–H groups in total. The second-order valence-corrected chi connectivity index (χ2v) is 7.13. The van der Waals surface area contributed by atoms with Gasteiger partial charge in [0.05, 0.1) is 29.5 Å². The number of hydrogen-bond donors (Lipinski definition) is 0. The first-order valence-corrected chi connectivity index (χ1v) is 9.22. The van der Waals surface area contributed by atoms with Crippen molar-refractivity contribution in [2.75, 3.05) is 12.0 Å². The highest BCUT2D eigenvalue weighted by Gasteiger charge is 2.39. The number of nitrogens with zero attached hydrogens (tertiary/aromatic N) is 1. The van der Waals surface area contributed by atoms with Gasteiger partial charge in [-0.15, -0.1) is 0 Å². The molecule has 0 atom stereocenters. The van der Waals surface area contributed by atoms with Gasteiger partial charge >= 0.3 is 12.1 Å². The molecule has 2 aromatic rings. The summed E-state index contributed by atoms with van der Waals surface area (Å²) in [5, 5.41) is 0. The van der Waals surface area contributed by atoms with E-state index >= 15 is 0 Å². The monoisotopic (exact) mass is 465 g/mol. The predicted molar refractivity (Wildman–Crippen MR) is 106 cm³/mol. The van der Waals surface area contributed by atoms with Crippen molar-refractivity contribution in [3.63, 3.8) is 0 Å². The van der Waals surface area contributed by atoms with E-state index in [9.17, 15) is 22.8 Å². The topological polar surface area (TPSA) is 46.6 Å². The van der Waals surface area contributed by atoms with Crippen LogP contribution in [0.1, 0.15) is 18.1 Å². The zero-order chi connectivity index (χ0) is 21.3. The minimum atomic E-state index is -4.61. The summed E-state index contributed by atoms with van der Waals surface area (Å²) in [4.78, 5) is 26.8. The Morgan fingerprint density at radius 3 is 2.45 bits per heavy atom. The molecule has 0 bridgehead atoms. The summed E-state index contributed by atoms with van der Waals surface area (Å²) in [6.07, 6.45) is -3.53.